The minimum absolute atomic E-state index is 0.0772. The number of esters is 1. The van der Waals surface area contributed by atoms with Gasteiger partial charge in [0.05, 0.1) is 5.41 Å². The van der Waals surface area contributed by atoms with E-state index in [1.54, 1.807) is 20.8 Å². The summed E-state index contributed by atoms with van der Waals surface area (Å²) in [5, 5.41) is 10.0. The van der Waals surface area contributed by atoms with Crippen LogP contribution in [0.2, 0.25) is 0 Å². The van der Waals surface area contributed by atoms with Crippen LogP contribution in [0.1, 0.15) is 52.9 Å². The Balaban J connectivity index is 1.61. The predicted molar refractivity (Wildman–Crippen MR) is 76.9 cm³/mol. The second-order valence-electron chi connectivity index (χ2n) is 7.55. The smallest absolute Gasteiger partial charge is 0.311 e. The first-order chi connectivity index (χ1) is 10.3. The summed E-state index contributed by atoms with van der Waals surface area (Å²) in [6.07, 6.45) is 2.66. The minimum atomic E-state index is -1.02. The monoisotopic (exact) mass is 314 g/mol. The van der Waals surface area contributed by atoms with Crippen LogP contribution in [0.3, 0.4) is 0 Å². The highest BCUT2D eigenvalue weighted by Gasteiger charge is 2.58. The van der Waals surface area contributed by atoms with Gasteiger partial charge in [-0.25, -0.2) is 0 Å². The Morgan fingerprint density at radius 2 is 1.82 bits per heavy atom. The number of ether oxygens (including phenoxy) is 4. The standard InChI is InChI=1S/C16H26O6/c1-15(2,3)14(18)19-9-10-11-12(13(17)20-10)22-16(21-11)7-5-4-6-8-16/h10-13,17H,4-9H2,1-3H3/t10-,11-,12-,13+/m1/s1. The Labute approximate surface area is 131 Å². The zero-order valence-corrected chi connectivity index (χ0v) is 13.5. The lowest BCUT2D eigenvalue weighted by Crippen LogP contribution is -2.38. The molecule has 2 aliphatic heterocycles. The van der Waals surface area contributed by atoms with Crippen molar-refractivity contribution >= 4 is 5.97 Å². The predicted octanol–water partition coefficient (Wildman–Crippen LogP) is 1.74. The lowest BCUT2D eigenvalue weighted by Gasteiger charge is -2.33. The molecule has 2 heterocycles. The first-order valence-corrected chi connectivity index (χ1v) is 8.17. The topological polar surface area (TPSA) is 74.2 Å². The van der Waals surface area contributed by atoms with Crippen molar-refractivity contribution in [1.82, 2.24) is 0 Å². The van der Waals surface area contributed by atoms with Gasteiger partial charge in [0.2, 0.25) is 0 Å². The molecular formula is C16H26O6. The molecule has 0 amide bonds. The van der Waals surface area contributed by atoms with E-state index in [9.17, 15) is 9.90 Å². The van der Waals surface area contributed by atoms with Crippen molar-refractivity contribution in [3.63, 3.8) is 0 Å². The maximum absolute atomic E-state index is 11.9. The van der Waals surface area contributed by atoms with E-state index in [2.05, 4.69) is 0 Å². The van der Waals surface area contributed by atoms with E-state index in [-0.39, 0.29) is 18.7 Å². The normalized spacial score (nSPS) is 37.3. The van der Waals surface area contributed by atoms with Crippen molar-refractivity contribution in [3.8, 4) is 0 Å². The summed E-state index contributed by atoms with van der Waals surface area (Å²) in [5.74, 6) is -0.870. The van der Waals surface area contributed by atoms with Gasteiger partial charge in [-0.2, -0.15) is 0 Å². The summed E-state index contributed by atoms with van der Waals surface area (Å²) in [7, 11) is 0. The summed E-state index contributed by atoms with van der Waals surface area (Å²) in [6.45, 7) is 5.48. The lowest BCUT2D eigenvalue weighted by molar-refractivity contribution is -0.250. The fourth-order valence-corrected chi connectivity index (χ4v) is 3.33. The van der Waals surface area contributed by atoms with Gasteiger partial charge in [0.15, 0.2) is 12.1 Å². The molecule has 0 radical (unpaired) electrons. The Morgan fingerprint density at radius 3 is 2.45 bits per heavy atom. The largest absolute Gasteiger partial charge is 0.462 e. The molecule has 0 aromatic heterocycles. The maximum atomic E-state index is 11.9. The Hall–Kier alpha value is -0.690. The molecule has 2 saturated heterocycles. The number of carbonyl (C=O) groups is 1. The van der Waals surface area contributed by atoms with E-state index in [0.717, 1.165) is 25.7 Å². The summed E-state index contributed by atoms with van der Waals surface area (Å²) >= 11 is 0. The SMILES string of the molecule is CC(C)(C)C(=O)OC[C@H]1O[C@H](O)[C@@H]2OC3(CCCCC3)O[C@@H]21. The van der Waals surface area contributed by atoms with Gasteiger partial charge >= 0.3 is 5.97 Å². The molecule has 1 N–H and O–H groups in total. The zero-order valence-electron chi connectivity index (χ0n) is 13.5. The van der Waals surface area contributed by atoms with Crippen LogP contribution >= 0.6 is 0 Å². The van der Waals surface area contributed by atoms with Crippen LogP contribution in [0.25, 0.3) is 0 Å². The summed E-state index contributed by atoms with van der Waals surface area (Å²) in [5.41, 5.74) is -0.561. The Kier molecular flexibility index (Phi) is 4.22. The molecule has 3 fully saturated rings. The molecule has 1 aliphatic carbocycles. The number of aliphatic hydroxyl groups excluding tert-OH is 1. The van der Waals surface area contributed by atoms with Gasteiger partial charge in [-0.15, -0.1) is 0 Å². The quantitative estimate of drug-likeness (QED) is 0.783. The highest BCUT2D eigenvalue weighted by Crippen LogP contribution is 2.45. The van der Waals surface area contributed by atoms with Crippen molar-refractivity contribution in [2.45, 2.75) is 83.3 Å². The molecule has 126 valence electrons. The van der Waals surface area contributed by atoms with Gasteiger partial charge in [-0.1, -0.05) is 6.42 Å². The van der Waals surface area contributed by atoms with Gasteiger partial charge in [0.1, 0.15) is 24.9 Å². The van der Waals surface area contributed by atoms with Gasteiger partial charge in [0.25, 0.3) is 0 Å². The van der Waals surface area contributed by atoms with E-state index in [4.69, 9.17) is 18.9 Å². The van der Waals surface area contributed by atoms with E-state index in [1.807, 2.05) is 0 Å². The number of rotatable bonds is 2. The molecule has 1 saturated carbocycles. The highest BCUT2D eigenvalue weighted by atomic mass is 16.8. The third kappa shape index (κ3) is 3.02. The van der Waals surface area contributed by atoms with Gasteiger partial charge in [0, 0.05) is 12.8 Å². The number of hydrogen-bond acceptors (Lipinski definition) is 6. The van der Waals surface area contributed by atoms with E-state index < -0.39 is 29.7 Å². The van der Waals surface area contributed by atoms with Gasteiger partial charge in [-0.05, 0) is 33.6 Å². The summed E-state index contributed by atoms with van der Waals surface area (Å²) in [4.78, 5) is 11.9. The zero-order chi connectivity index (χ0) is 16.0. The molecule has 6 nitrogen and oxygen atoms in total. The molecule has 6 heteroatoms. The van der Waals surface area contributed by atoms with Crippen molar-refractivity contribution in [1.29, 1.82) is 0 Å². The second-order valence-corrected chi connectivity index (χ2v) is 7.55. The number of fused-ring (bicyclic) bond motifs is 1. The Bertz CT molecular complexity index is 423. The maximum Gasteiger partial charge on any atom is 0.311 e. The van der Waals surface area contributed by atoms with Crippen molar-refractivity contribution in [2.24, 2.45) is 5.41 Å². The molecule has 0 bridgehead atoms. The average Bonchev–Trinajstić information content (AvgIpc) is 2.94. The van der Waals surface area contributed by atoms with E-state index >= 15 is 0 Å². The minimum Gasteiger partial charge on any atom is -0.462 e. The molecule has 22 heavy (non-hydrogen) atoms. The summed E-state index contributed by atoms with van der Waals surface area (Å²) < 4.78 is 22.9. The van der Waals surface area contributed by atoms with Crippen LogP contribution in [0.15, 0.2) is 0 Å². The number of aliphatic hydroxyl groups is 1. The number of carbonyl (C=O) groups excluding carboxylic acids is 1. The first-order valence-electron chi connectivity index (χ1n) is 8.17. The summed E-state index contributed by atoms with van der Waals surface area (Å²) in [6, 6.07) is 0. The van der Waals surface area contributed by atoms with Crippen molar-refractivity contribution in [3.05, 3.63) is 0 Å². The molecule has 3 rings (SSSR count). The number of hydrogen-bond donors (Lipinski definition) is 1. The molecule has 0 aromatic rings. The van der Waals surface area contributed by atoms with Gasteiger partial charge < -0.3 is 24.1 Å². The van der Waals surface area contributed by atoms with Gasteiger partial charge in [-0.3, -0.25) is 4.79 Å². The van der Waals surface area contributed by atoms with Crippen LogP contribution in [-0.4, -0.2) is 48.1 Å². The average molecular weight is 314 g/mol. The first kappa shape index (κ1) is 16.2. The molecule has 0 aromatic carbocycles. The fraction of sp³-hybridized carbons (Fsp3) is 0.938. The van der Waals surface area contributed by atoms with Crippen LogP contribution in [0, 0.1) is 5.41 Å². The Morgan fingerprint density at radius 1 is 1.18 bits per heavy atom. The van der Waals surface area contributed by atoms with Crippen molar-refractivity contribution < 1.29 is 28.8 Å². The molecular weight excluding hydrogens is 288 g/mol. The van der Waals surface area contributed by atoms with E-state index in [0.29, 0.717) is 0 Å². The van der Waals surface area contributed by atoms with Crippen LogP contribution in [0.5, 0.6) is 0 Å². The molecule has 0 unspecified atom stereocenters. The lowest BCUT2D eigenvalue weighted by atomic mass is 9.94. The molecule has 3 aliphatic rings. The molecule has 1 spiro atoms. The fourth-order valence-electron chi connectivity index (χ4n) is 3.33. The highest BCUT2D eigenvalue weighted by molar-refractivity contribution is 5.75. The van der Waals surface area contributed by atoms with E-state index in [1.165, 1.54) is 6.42 Å². The third-order valence-electron chi connectivity index (χ3n) is 4.59. The second kappa shape index (κ2) is 5.74. The van der Waals surface area contributed by atoms with Crippen molar-refractivity contribution in [2.75, 3.05) is 6.61 Å². The van der Waals surface area contributed by atoms with Crippen LogP contribution in [0.4, 0.5) is 0 Å². The van der Waals surface area contributed by atoms with Crippen LogP contribution in [-0.2, 0) is 23.7 Å². The third-order valence-corrected chi connectivity index (χ3v) is 4.59. The molecule has 4 atom stereocenters. The van der Waals surface area contributed by atoms with Crippen LogP contribution < -0.4 is 0 Å².